The monoisotopic (exact) mass is 303 g/mol. The van der Waals surface area contributed by atoms with Gasteiger partial charge in [-0.05, 0) is 41.8 Å². The van der Waals surface area contributed by atoms with Gasteiger partial charge in [0.15, 0.2) is 0 Å². The Hall–Kier alpha value is -2.00. The molecule has 0 spiro atoms. The van der Waals surface area contributed by atoms with Crippen LogP contribution in [0.2, 0.25) is 5.02 Å². The lowest BCUT2D eigenvalue weighted by molar-refractivity contribution is -0.117. The van der Waals surface area contributed by atoms with Crippen molar-refractivity contribution in [1.29, 1.82) is 0 Å². The molecule has 0 fully saturated rings. The van der Waals surface area contributed by atoms with Gasteiger partial charge >= 0.3 is 0 Å². The number of ether oxygens (including phenoxy) is 1. The van der Waals surface area contributed by atoms with Crippen LogP contribution in [0.1, 0.15) is 24.5 Å². The summed E-state index contributed by atoms with van der Waals surface area (Å²) in [6.07, 6.45) is 2.11. The van der Waals surface area contributed by atoms with Gasteiger partial charge < -0.3 is 10.5 Å². The highest BCUT2D eigenvalue weighted by Gasteiger charge is 2.08. The molecule has 1 amide bonds. The zero-order chi connectivity index (χ0) is 15.2. The van der Waals surface area contributed by atoms with Gasteiger partial charge in [0.25, 0.3) is 0 Å². The quantitative estimate of drug-likeness (QED) is 0.873. The summed E-state index contributed by atoms with van der Waals surface area (Å²) in [6.45, 7) is 2.10. The Morgan fingerprint density at radius 1 is 1.24 bits per heavy atom. The van der Waals surface area contributed by atoms with E-state index in [-0.39, 0.29) is 12.3 Å². The first kappa shape index (κ1) is 15.4. The number of halogens is 1. The number of carbonyl (C=O) groups is 1. The van der Waals surface area contributed by atoms with Crippen LogP contribution in [0, 0.1) is 0 Å². The Morgan fingerprint density at radius 3 is 2.71 bits per heavy atom. The molecule has 2 N–H and O–H groups in total. The lowest BCUT2D eigenvalue weighted by Crippen LogP contribution is -2.13. The number of amides is 1. The molecule has 0 aliphatic heterocycles. The summed E-state index contributed by atoms with van der Waals surface area (Å²) in [6, 6.07) is 13.0. The van der Waals surface area contributed by atoms with Gasteiger partial charge in [0.2, 0.25) is 5.91 Å². The maximum absolute atomic E-state index is 11.0. The molecular formula is C17H18ClNO2. The van der Waals surface area contributed by atoms with Crippen molar-refractivity contribution in [2.24, 2.45) is 5.73 Å². The SMILES string of the molecule is CCCc1cc(CC(N)=O)ccc1Oc1cccc(Cl)c1. The van der Waals surface area contributed by atoms with Gasteiger partial charge in [-0.25, -0.2) is 0 Å². The third-order valence-electron chi connectivity index (χ3n) is 3.05. The van der Waals surface area contributed by atoms with Gasteiger partial charge in [-0.2, -0.15) is 0 Å². The van der Waals surface area contributed by atoms with E-state index in [0.717, 1.165) is 29.7 Å². The topological polar surface area (TPSA) is 52.3 Å². The first-order valence-corrected chi connectivity index (χ1v) is 7.30. The number of nitrogens with two attached hydrogens (primary N) is 1. The highest BCUT2D eigenvalue weighted by molar-refractivity contribution is 6.30. The first-order valence-electron chi connectivity index (χ1n) is 6.92. The minimum Gasteiger partial charge on any atom is -0.457 e. The van der Waals surface area contributed by atoms with Gasteiger partial charge in [-0.3, -0.25) is 4.79 Å². The third-order valence-corrected chi connectivity index (χ3v) is 3.28. The van der Waals surface area contributed by atoms with Crippen LogP contribution in [0.3, 0.4) is 0 Å². The summed E-state index contributed by atoms with van der Waals surface area (Å²) >= 11 is 5.96. The van der Waals surface area contributed by atoms with Crippen LogP contribution in [-0.4, -0.2) is 5.91 Å². The van der Waals surface area contributed by atoms with Gasteiger partial charge in [-0.15, -0.1) is 0 Å². The molecule has 2 aromatic carbocycles. The Balaban J connectivity index is 2.27. The molecule has 21 heavy (non-hydrogen) atoms. The second-order valence-electron chi connectivity index (χ2n) is 4.89. The molecule has 0 saturated carbocycles. The zero-order valence-corrected chi connectivity index (χ0v) is 12.7. The molecule has 0 unspecified atom stereocenters. The fourth-order valence-electron chi connectivity index (χ4n) is 2.17. The summed E-state index contributed by atoms with van der Waals surface area (Å²) in [4.78, 5) is 11.0. The molecule has 110 valence electrons. The predicted octanol–water partition coefficient (Wildman–Crippen LogP) is 4.11. The number of rotatable bonds is 6. The first-order chi connectivity index (χ1) is 10.1. The molecule has 0 saturated heterocycles. The minimum atomic E-state index is -0.332. The number of benzene rings is 2. The molecule has 2 rings (SSSR count). The molecule has 2 aromatic rings. The molecule has 0 aliphatic carbocycles. The van der Waals surface area contributed by atoms with Crippen molar-refractivity contribution in [1.82, 2.24) is 0 Å². The average molecular weight is 304 g/mol. The summed E-state index contributed by atoms with van der Waals surface area (Å²) in [7, 11) is 0. The normalized spacial score (nSPS) is 10.4. The van der Waals surface area contributed by atoms with Crippen molar-refractivity contribution < 1.29 is 9.53 Å². The van der Waals surface area contributed by atoms with Crippen LogP contribution in [0.4, 0.5) is 0 Å². The fraction of sp³-hybridized carbons (Fsp3) is 0.235. The van der Waals surface area contributed by atoms with Crippen molar-refractivity contribution in [2.75, 3.05) is 0 Å². The molecule has 0 aromatic heterocycles. The molecule has 3 nitrogen and oxygen atoms in total. The van der Waals surface area contributed by atoms with E-state index >= 15 is 0 Å². The van der Waals surface area contributed by atoms with Crippen LogP contribution in [0.15, 0.2) is 42.5 Å². The molecule has 0 atom stereocenters. The molecule has 4 heteroatoms. The standard InChI is InChI=1S/C17H18ClNO2/c1-2-4-13-9-12(10-17(19)20)7-8-16(13)21-15-6-3-5-14(18)11-15/h3,5-9,11H,2,4,10H2,1H3,(H2,19,20). The van der Waals surface area contributed by atoms with Gasteiger partial charge in [0.1, 0.15) is 11.5 Å². The van der Waals surface area contributed by atoms with E-state index in [1.165, 1.54) is 0 Å². The van der Waals surface area contributed by atoms with E-state index < -0.39 is 0 Å². The molecule has 0 bridgehead atoms. The van der Waals surface area contributed by atoms with Crippen LogP contribution in [0.5, 0.6) is 11.5 Å². The molecular weight excluding hydrogens is 286 g/mol. The van der Waals surface area contributed by atoms with E-state index in [1.54, 1.807) is 12.1 Å². The van der Waals surface area contributed by atoms with Crippen molar-refractivity contribution >= 4 is 17.5 Å². The Labute approximate surface area is 129 Å². The zero-order valence-electron chi connectivity index (χ0n) is 11.9. The van der Waals surface area contributed by atoms with E-state index in [0.29, 0.717) is 10.8 Å². The molecule has 0 radical (unpaired) electrons. The summed E-state index contributed by atoms with van der Waals surface area (Å²) < 4.78 is 5.90. The Morgan fingerprint density at radius 2 is 2.05 bits per heavy atom. The summed E-state index contributed by atoms with van der Waals surface area (Å²) in [5.41, 5.74) is 7.21. The highest BCUT2D eigenvalue weighted by Crippen LogP contribution is 2.29. The highest BCUT2D eigenvalue weighted by atomic mass is 35.5. The maximum Gasteiger partial charge on any atom is 0.221 e. The van der Waals surface area contributed by atoms with Crippen molar-refractivity contribution in [3.05, 3.63) is 58.6 Å². The number of carbonyl (C=O) groups excluding carboxylic acids is 1. The molecule has 0 heterocycles. The van der Waals surface area contributed by atoms with E-state index in [2.05, 4.69) is 6.92 Å². The predicted molar refractivity (Wildman–Crippen MR) is 84.9 cm³/mol. The number of hydrogen-bond donors (Lipinski definition) is 1. The fourth-order valence-corrected chi connectivity index (χ4v) is 2.35. The smallest absolute Gasteiger partial charge is 0.221 e. The minimum absolute atomic E-state index is 0.244. The second-order valence-corrected chi connectivity index (χ2v) is 5.33. The van der Waals surface area contributed by atoms with Crippen LogP contribution in [-0.2, 0) is 17.6 Å². The van der Waals surface area contributed by atoms with Gasteiger partial charge in [-0.1, -0.05) is 43.1 Å². The van der Waals surface area contributed by atoms with Crippen molar-refractivity contribution in [3.8, 4) is 11.5 Å². The summed E-state index contributed by atoms with van der Waals surface area (Å²) in [5.74, 6) is 1.15. The Kier molecular flexibility index (Phi) is 5.23. The van der Waals surface area contributed by atoms with Crippen LogP contribution < -0.4 is 10.5 Å². The van der Waals surface area contributed by atoms with E-state index in [4.69, 9.17) is 22.1 Å². The van der Waals surface area contributed by atoms with Gasteiger partial charge in [0.05, 0.1) is 6.42 Å². The number of primary amides is 1. The van der Waals surface area contributed by atoms with Gasteiger partial charge in [0, 0.05) is 5.02 Å². The lowest BCUT2D eigenvalue weighted by Gasteiger charge is -2.12. The maximum atomic E-state index is 11.0. The lowest BCUT2D eigenvalue weighted by atomic mass is 10.0. The van der Waals surface area contributed by atoms with E-state index in [9.17, 15) is 4.79 Å². The largest absolute Gasteiger partial charge is 0.457 e. The summed E-state index contributed by atoms with van der Waals surface area (Å²) in [5, 5.41) is 0.634. The third kappa shape index (κ3) is 4.50. The molecule has 0 aliphatic rings. The van der Waals surface area contributed by atoms with Crippen LogP contribution >= 0.6 is 11.6 Å². The Bertz CT molecular complexity index is 640. The average Bonchev–Trinajstić information content (AvgIpc) is 2.41. The second kappa shape index (κ2) is 7.14. The van der Waals surface area contributed by atoms with E-state index in [1.807, 2.05) is 30.3 Å². The van der Waals surface area contributed by atoms with Crippen molar-refractivity contribution in [2.45, 2.75) is 26.2 Å². The number of aryl methyl sites for hydroxylation is 1. The van der Waals surface area contributed by atoms with Crippen molar-refractivity contribution in [3.63, 3.8) is 0 Å². The number of hydrogen-bond acceptors (Lipinski definition) is 2. The van der Waals surface area contributed by atoms with Crippen LogP contribution in [0.25, 0.3) is 0 Å².